The Balaban J connectivity index is 2.03. The molecule has 1 fully saturated rings. The lowest BCUT2D eigenvalue weighted by molar-refractivity contribution is -0.240. The normalized spacial score (nSPS) is 20.4. The number of fused-ring (bicyclic) bond motifs is 1. The van der Waals surface area contributed by atoms with Crippen molar-refractivity contribution >= 4 is 31.0 Å². The molecule has 1 saturated carbocycles. The number of amides is 1. The molecule has 1 aromatic rings. The van der Waals surface area contributed by atoms with Crippen LogP contribution in [0.2, 0.25) is 5.02 Å². The van der Waals surface area contributed by atoms with Gasteiger partial charge in [0.25, 0.3) is 5.60 Å². The first-order valence-electron chi connectivity index (χ1n) is 11.3. The van der Waals surface area contributed by atoms with E-state index in [0.29, 0.717) is 25.7 Å². The molecule has 0 radical (unpaired) electrons. The summed E-state index contributed by atoms with van der Waals surface area (Å²) in [5, 5.41) is 0.0140. The molecule has 0 unspecified atom stereocenters. The van der Waals surface area contributed by atoms with Gasteiger partial charge in [-0.25, -0.2) is 4.79 Å². The van der Waals surface area contributed by atoms with E-state index >= 15 is 0 Å². The lowest BCUT2D eigenvalue weighted by Crippen LogP contribution is -2.53. The Morgan fingerprint density at radius 2 is 1.82 bits per heavy atom. The van der Waals surface area contributed by atoms with Crippen molar-refractivity contribution < 1.29 is 36.3 Å². The van der Waals surface area contributed by atoms with Gasteiger partial charge in [-0.15, -0.1) is 0 Å². The number of hydrogen-bond acceptors (Lipinski definition) is 5. The standard InChI is InChI=1S/C23H28ClF3NO5P/c1-3-5-13-31-34(30,32-14-6-4-2)16-28-20-10-9-18(24)15-19(20)22(23(25,26)27,33-21(28)29)12-11-17-7-8-17/h9-10,15,17H,3-8,13-14,16H2,1-2H3/t22-/m0/s1. The minimum absolute atomic E-state index is 0.0140. The van der Waals surface area contributed by atoms with Crippen LogP contribution in [0.5, 0.6) is 0 Å². The van der Waals surface area contributed by atoms with E-state index in [4.69, 9.17) is 25.4 Å². The minimum atomic E-state index is -5.03. The molecular formula is C23H28ClF3NO5P. The monoisotopic (exact) mass is 521 g/mol. The Bertz CT molecular complexity index is 991. The summed E-state index contributed by atoms with van der Waals surface area (Å²) < 4.78 is 72.7. The van der Waals surface area contributed by atoms with Crippen LogP contribution in [0, 0.1) is 17.8 Å². The van der Waals surface area contributed by atoms with E-state index in [-0.39, 0.29) is 29.8 Å². The first-order valence-corrected chi connectivity index (χ1v) is 13.4. The summed E-state index contributed by atoms with van der Waals surface area (Å²) in [4.78, 5) is 13.8. The maximum Gasteiger partial charge on any atom is 0.445 e. The topological polar surface area (TPSA) is 65.1 Å². The van der Waals surface area contributed by atoms with Gasteiger partial charge < -0.3 is 13.8 Å². The van der Waals surface area contributed by atoms with Crippen molar-refractivity contribution in [1.29, 1.82) is 0 Å². The largest absolute Gasteiger partial charge is 0.445 e. The molecule has 1 heterocycles. The first kappa shape index (κ1) is 26.9. The number of benzene rings is 1. The van der Waals surface area contributed by atoms with Crippen molar-refractivity contribution in [3.63, 3.8) is 0 Å². The molecule has 11 heteroatoms. The number of unbranched alkanes of at least 4 members (excludes halogenated alkanes) is 2. The Labute approximate surface area is 202 Å². The van der Waals surface area contributed by atoms with Gasteiger partial charge in [0.05, 0.1) is 18.9 Å². The van der Waals surface area contributed by atoms with Crippen LogP contribution >= 0.6 is 19.2 Å². The van der Waals surface area contributed by atoms with Gasteiger partial charge in [-0.05, 0) is 49.8 Å². The van der Waals surface area contributed by atoms with Crippen molar-refractivity contribution in [2.45, 2.75) is 64.1 Å². The third-order valence-electron chi connectivity index (χ3n) is 5.40. The van der Waals surface area contributed by atoms with Crippen LogP contribution in [-0.4, -0.2) is 31.8 Å². The molecule has 188 valence electrons. The van der Waals surface area contributed by atoms with Crippen LogP contribution < -0.4 is 4.90 Å². The predicted octanol–water partition coefficient (Wildman–Crippen LogP) is 7.25. The Morgan fingerprint density at radius 3 is 2.35 bits per heavy atom. The van der Waals surface area contributed by atoms with Crippen molar-refractivity contribution in [3.8, 4) is 11.8 Å². The molecule has 1 aromatic carbocycles. The zero-order valence-corrected chi connectivity index (χ0v) is 20.8. The average Bonchev–Trinajstić information content (AvgIpc) is 3.59. The van der Waals surface area contributed by atoms with Gasteiger partial charge in [-0.2, -0.15) is 13.2 Å². The molecular weight excluding hydrogens is 494 g/mol. The van der Waals surface area contributed by atoms with Crippen molar-refractivity contribution in [2.75, 3.05) is 24.4 Å². The molecule has 6 nitrogen and oxygen atoms in total. The van der Waals surface area contributed by atoms with Gasteiger partial charge in [0.2, 0.25) is 0 Å². The molecule has 0 aromatic heterocycles. The molecule has 0 bridgehead atoms. The number of nitrogens with zero attached hydrogens (tertiary/aromatic N) is 1. The van der Waals surface area contributed by atoms with E-state index in [0.717, 1.165) is 23.8 Å². The van der Waals surface area contributed by atoms with Crippen LogP contribution in [-0.2, 0) is 24.0 Å². The number of alkyl halides is 3. The highest BCUT2D eigenvalue weighted by molar-refractivity contribution is 7.54. The predicted molar refractivity (Wildman–Crippen MR) is 123 cm³/mol. The molecule has 1 amide bonds. The van der Waals surface area contributed by atoms with Gasteiger partial charge in [0, 0.05) is 16.5 Å². The number of carbonyl (C=O) groups excluding carboxylic acids is 1. The van der Waals surface area contributed by atoms with E-state index in [1.54, 1.807) is 0 Å². The summed E-state index contributed by atoms with van der Waals surface area (Å²) >= 11 is 6.04. The molecule has 3 rings (SSSR count). The fourth-order valence-corrected chi connectivity index (χ4v) is 5.13. The molecule has 1 atom stereocenters. The second-order valence-electron chi connectivity index (χ2n) is 8.31. The summed E-state index contributed by atoms with van der Waals surface area (Å²) in [5.41, 5.74) is -3.77. The lowest BCUT2D eigenvalue weighted by Gasteiger charge is -2.40. The molecule has 2 aliphatic rings. The first-order chi connectivity index (χ1) is 16.0. The number of hydrogen-bond donors (Lipinski definition) is 0. The van der Waals surface area contributed by atoms with Crippen molar-refractivity contribution in [2.24, 2.45) is 5.92 Å². The van der Waals surface area contributed by atoms with Gasteiger partial charge in [0.15, 0.2) is 0 Å². The summed E-state index contributed by atoms with van der Waals surface area (Å²) in [6.07, 6.45) is -2.83. The molecule has 1 aliphatic heterocycles. The number of anilines is 1. The number of rotatable bonds is 10. The van der Waals surface area contributed by atoms with Crippen LogP contribution in [0.3, 0.4) is 0 Å². The lowest BCUT2D eigenvalue weighted by atomic mass is 9.89. The van der Waals surface area contributed by atoms with Gasteiger partial charge in [0.1, 0.15) is 6.29 Å². The second-order valence-corrected chi connectivity index (χ2v) is 10.8. The van der Waals surface area contributed by atoms with Crippen LogP contribution in [0.25, 0.3) is 0 Å². The smallest absolute Gasteiger partial charge is 0.415 e. The quantitative estimate of drug-likeness (QED) is 0.184. The molecule has 0 saturated heterocycles. The highest BCUT2D eigenvalue weighted by Gasteiger charge is 2.63. The summed E-state index contributed by atoms with van der Waals surface area (Å²) in [5.74, 6) is 4.59. The molecule has 34 heavy (non-hydrogen) atoms. The van der Waals surface area contributed by atoms with Crippen LogP contribution in [0.15, 0.2) is 18.2 Å². The van der Waals surface area contributed by atoms with Gasteiger partial charge >= 0.3 is 19.9 Å². The third-order valence-corrected chi connectivity index (χ3v) is 7.42. The summed E-state index contributed by atoms with van der Waals surface area (Å²) in [7, 11) is -3.88. The van der Waals surface area contributed by atoms with E-state index in [2.05, 4.69) is 11.8 Å². The Morgan fingerprint density at radius 1 is 1.21 bits per heavy atom. The summed E-state index contributed by atoms with van der Waals surface area (Å²) in [6.45, 7) is 4.09. The van der Waals surface area contributed by atoms with Crippen molar-refractivity contribution in [3.05, 3.63) is 28.8 Å². The molecule has 1 aliphatic carbocycles. The van der Waals surface area contributed by atoms with E-state index in [1.807, 2.05) is 13.8 Å². The number of ether oxygens (including phenoxy) is 1. The third kappa shape index (κ3) is 6.09. The van der Waals surface area contributed by atoms with E-state index in [9.17, 15) is 22.5 Å². The Hall–Kier alpha value is -1.72. The highest BCUT2D eigenvalue weighted by atomic mass is 35.5. The number of cyclic esters (lactones) is 1. The van der Waals surface area contributed by atoms with Crippen molar-refractivity contribution in [1.82, 2.24) is 0 Å². The molecule has 0 N–H and O–H groups in total. The zero-order chi connectivity index (χ0) is 25.0. The average molecular weight is 522 g/mol. The van der Waals surface area contributed by atoms with Gasteiger partial charge in [-0.1, -0.05) is 44.2 Å². The van der Waals surface area contributed by atoms with Gasteiger partial charge in [-0.3, -0.25) is 9.46 Å². The summed E-state index contributed by atoms with van der Waals surface area (Å²) in [6, 6.07) is 3.69. The SMILES string of the molecule is CCCCOP(=O)(CN1C(=O)O[C@](C#CC2CC2)(C(F)(F)F)c2cc(Cl)ccc21)OCCCC. The second kappa shape index (κ2) is 10.9. The fourth-order valence-electron chi connectivity index (χ4n) is 3.29. The Kier molecular flexibility index (Phi) is 8.62. The maximum atomic E-state index is 14.4. The minimum Gasteiger partial charge on any atom is -0.415 e. The number of halogens is 4. The van der Waals surface area contributed by atoms with E-state index in [1.165, 1.54) is 12.1 Å². The van der Waals surface area contributed by atoms with Crippen LogP contribution in [0.4, 0.5) is 23.7 Å². The van der Waals surface area contributed by atoms with E-state index < -0.39 is 37.3 Å². The zero-order valence-electron chi connectivity index (χ0n) is 19.1. The fraction of sp³-hybridized carbons (Fsp3) is 0.609. The van der Waals surface area contributed by atoms with Crippen LogP contribution in [0.1, 0.15) is 57.9 Å². The highest BCUT2D eigenvalue weighted by Crippen LogP contribution is 2.54. The molecule has 0 spiro atoms. The number of carbonyl (C=O) groups is 1. The maximum absolute atomic E-state index is 14.4.